The molecule has 0 fully saturated rings. The zero-order chi connectivity index (χ0) is 17.6. The molecule has 2 aromatic carbocycles. The first-order valence-electron chi connectivity index (χ1n) is 8.92. The van der Waals surface area contributed by atoms with Gasteiger partial charge in [-0.25, -0.2) is 0 Å². The van der Waals surface area contributed by atoms with Gasteiger partial charge in [0.2, 0.25) is 0 Å². The van der Waals surface area contributed by atoms with Gasteiger partial charge in [-0.2, -0.15) is 0 Å². The van der Waals surface area contributed by atoms with E-state index in [9.17, 15) is 0 Å². The number of allylic oxidation sites excluding steroid dienone is 1. The zero-order valence-corrected chi connectivity index (χ0v) is 18.3. The monoisotopic (exact) mass is 418 g/mol. The Hall–Kier alpha value is -1.66. The SMILES string of the molecule is Cc1ccc2c(c1-c1ccccc1)C=C(c1ccc(C(C)(C)C)o1)C2.[Zr]. The molecular weight excluding hydrogens is 395 g/mol. The Kier molecular flexibility index (Phi) is 5.26. The second-order valence-electron chi connectivity index (χ2n) is 7.96. The summed E-state index contributed by atoms with van der Waals surface area (Å²) in [5, 5.41) is 0. The van der Waals surface area contributed by atoms with Gasteiger partial charge in [-0.1, -0.05) is 63.2 Å². The average Bonchev–Trinajstić information content (AvgIpc) is 3.22. The molecule has 0 saturated carbocycles. The molecule has 2 heteroatoms. The van der Waals surface area contributed by atoms with Crippen molar-refractivity contribution in [3.05, 3.63) is 82.8 Å². The van der Waals surface area contributed by atoms with Crippen LogP contribution in [0.4, 0.5) is 0 Å². The van der Waals surface area contributed by atoms with Gasteiger partial charge in [0.15, 0.2) is 0 Å². The number of aryl methyl sites for hydroxylation is 1. The van der Waals surface area contributed by atoms with E-state index in [0.717, 1.165) is 17.9 Å². The first-order chi connectivity index (χ1) is 11.9. The van der Waals surface area contributed by atoms with Gasteiger partial charge < -0.3 is 4.42 Å². The summed E-state index contributed by atoms with van der Waals surface area (Å²) < 4.78 is 6.17. The third kappa shape index (κ3) is 3.45. The molecule has 1 aliphatic rings. The summed E-state index contributed by atoms with van der Waals surface area (Å²) in [6.07, 6.45) is 3.25. The van der Waals surface area contributed by atoms with Crippen LogP contribution in [0.3, 0.4) is 0 Å². The Morgan fingerprint density at radius 2 is 1.62 bits per heavy atom. The fourth-order valence-electron chi connectivity index (χ4n) is 3.58. The third-order valence-electron chi connectivity index (χ3n) is 4.97. The molecule has 1 aliphatic carbocycles. The summed E-state index contributed by atoms with van der Waals surface area (Å²) in [5.41, 5.74) is 7.98. The van der Waals surface area contributed by atoms with E-state index < -0.39 is 0 Å². The molecule has 4 rings (SSSR count). The number of fused-ring (bicyclic) bond motifs is 1. The Morgan fingerprint density at radius 1 is 0.885 bits per heavy atom. The molecule has 0 spiro atoms. The second-order valence-corrected chi connectivity index (χ2v) is 7.96. The molecule has 0 amide bonds. The molecule has 3 aromatic rings. The first-order valence-corrected chi connectivity index (χ1v) is 8.92. The van der Waals surface area contributed by atoms with Gasteiger partial charge in [0.1, 0.15) is 11.5 Å². The smallest absolute Gasteiger partial charge is 0.130 e. The fraction of sp³-hybridized carbons (Fsp3) is 0.250. The maximum Gasteiger partial charge on any atom is 0.130 e. The number of hydrogen-bond acceptors (Lipinski definition) is 1. The molecule has 0 saturated heterocycles. The molecule has 0 N–H and O–H groups in total. The van der Waals surface area contributed by atoms with Crippen LogP contribution in [0.5, 0.6) is 0 Å². The number of benzene rings is 2. The van der Waals surface area contributed by atoms with Crippen molar-refractivity contribution in [2.75, 3.05) is 0 Å². The molecule has 26 heavy (non-hydrogen) atoms. The predicted octanol–water partition coefficient (Wildman–Crippen LogP) is 6.65. The Morgan fingerprint density at radius 3 is 2.27 bits per heavy atom. The van der Waals surface area contributed by atoms with Gasteiger partial charge in [-0.05, 0) is 58.5 Å². The van der Waals surface area contributed by atoms with Gasteiger partial charge in [0.05, 0.1) is 0 Å². The topological polar surface area (TPSA) is 13.1 Å². The van der Waals surface area contributed by atoms with E-state index in [1.807, 2.05) is 0 Å². The van der Waals surface area contributed by atoms with E-state index >= 15 is 0 Å². The van der Waals surface area contributed by atoms with Crippen molar-refractivity contribution in [1.29, 1.82) is 0 Å². The van der Waals surface area contributed by atoms with Crippen LogP contribution < -0.4 is 0 Å². The maximum atomic E-state index is 6.17. The van der Waals surface area contributed by atoms with Crippen LogP contribution in [0, 0.1) is 6.92 Å². The van der Waals surface area contributed by atoms with Crippen molar-refractivity contribution in [2.24, 2.45) is 0 Å². The van der Waals surface area contributed by atoms with Crippen LogP contribution in [0.2, 0.25) is 0 Å². The number of rotatable bonds is 2. The summed E-state index contributed by atoms with van der Waals surface area (Å²) in [7, 11) is 0. The minimum atomic E-state index is 0. The minimum Gasteiger partial charge on any atom is -0.461 e. The summed E-state index contributed by atoms with van der Waals surface area (Å²) in [6.45, 7) is 8.75. The first kappa shape index (κ1) is 19.1. The van der Waals surface area contributed by atoms with Crippen molar-refractivity contribution >= 4 is 11.6 Å². The predicted molar refractivity (Wildman–Crippen MR) is 106 cm³/mol. The van der Waals surface area contributed by atoms with E-state index in [1.165, 1.54) is 33.4 Å². The molecule has 0 aliphatic heterocycles. The molecule has 1 heterocycles. The largest absolute Gasteiger partial charge is 0.461 e. The van der Waals surface area contributed by atoms with E-state index in [1.54, 1.807) is 0 Å². The van der Waals surface area contributed by atoms with Crippen LogP contribution >= 0.6 is 0 Å². The molecule has 0 unspecified atom stereocenters. The Labute approximate surface area is 175 Å². The normalized spacial score (nSPS) is 13.2. The van der Waals surface area contributed by atoms with Crippen LogP contribution in [0.1, 0.15) is 49.0 Å². The Bertz CT molecular complexity index is 956. The van der Waals surface area contributed by atoms with E-state index in [0.29, 0.717) is 0 Å². The van der Waals surface area contributed by atoms with E-state index in [2.05, 4.69) is 88.4 Å². The molecular formula is C24H24OZr. The fourth-order valence-corrected chi connectivity index (χ4v) is 3.58. The molecule has 0 atom stereocenters. The molecule has 0 radical (unpaired) electrons. The second kappa shape index (κ2) is 7.16. The third-order valence-corrected chi connectivity index (χ3v) is 4.97. The zero-order valence-electron chi connectivity index (χ0n) is 15.9. The Balaban J connectivity index is 0.00000196. The molecule has 130 valence electrons. The van der Waals surface area contributed by atoms with Crippen molar-refractivity contribution in [2.45, 2.75) is 39.5 Å². The van der Waals surface area contributed by atoms with Crippen molar-refractivity contribution in [3.8, 4) is 11.1 Å². The number of furan rings is 1. The summed E-state index contributed by atoms with van der Waals surface area (Å²) in [4.78, 5) is 0. The average molecular weight is 420 g/mol. The van der Waals surface area contributed by atoms with Crippen molar-refractivity contribution in [3.63, 3.8) is 0 Å². The van der Waals surface area contributed by atoms with Gasteiger partial charge in [-0.15, -0.1) is 0 Å². The van der Waals surface area contributed by atoms with Gasteiger partial charge in [-0.3, -0.25) is 0 Å². The van der Waals surface area contributed by atoms with Crippen LogP contribution in [0.25, 0.3) is 22.8 Å². The minimum absolute atomic E-state index is 0. The standard InChI is InChI=1S/C24H24O.Zr/c1-16-10-11-18-14-19(21-12-13-22(25-21)24(2,3)4)15-20(18)23(16)17-8-6-5-7-9-17;/h5-13,15H,14H2,1-4H3;. The summed E-state index contributed by atoms with van der Waals surface area (Å²) in [6, 6.07) is 19.4. The van der Waals surface area contributed by atoms with Crippen LogP contribution in [-0.4, -0.2) is 0 Å². The van der Waals surface area contributed by atoms with E-state index in [4.69, 9.17) is 4.42 Å². The van der Waals surface area contributed by atoms with Crippen LogP contribution in [0.15, 0.2) is 59.0 Å². The molecule has 0 bridgehead atoms. The van der Waals surface area contributed by atoms with E-state index in [-0.39, 0.29) is 31.6 Å². The van der Waals surface area contributed by atoms with Gasteiger partial charge in [0.25, 0.3) is 0 Å². The summed E-state index contributed by atoms with van der Waals surface area (Å²) >= 11 is 0. The maximum absolute atomic E-state index is 6.17. The summed E-state index contributed by atoms with van der Waals surface area (Å²) in [5.74, 6) is 2.04. The van der Waals surface area contributed by atoms with Gasteiger partial charge in [0, 0.05) is 38.0 Å². The number of hydrogen-bond donors (Lipinski definition) is 0. The van der Waals surface area contributed by atoms with Crippen molar-refractivity contribution < 1.29 is 30.6 Å². The molecule has 1 aromatic heterocycles. The van der Waals surface area contributed by atoms with Crippen molar-refractivity contribution in [1.82, 2.24) is 0 Å². The quantitative estimate of drug-likeness (QED) is 0.453. The van der Waals surface area contributed by atoms with Crippen LogP contribution in [-0.2, 0) is 38.0 Å². The van der Waals surface area contributed by atoms with Gasteiger partial charge >= 0.3 is 0 Å². The molecule has 1 nitrogen and oxygen atoms in total.